The zero-order valence-corrected chi connectivity index (χ0v) is 15.9. The molecule has 0 bridgehead atoms. The highest BCUT2D eigenvalue weighted by Crippen LogP contribution is 2.32. The van der Waals surface area contributed by atoms with Gasteiger partial charge in [0.25, 0.3) is 5.91 Å². The molecule has 6 nitrogen and oxygen atoms in total. The van der Waals surface area contributed by atoms with Gasteiger partial charge in [0.15, 0.2) is 5.58 Å². The van der Waals surface area contributed by atoms with Gasteiger partial charge in [0.1, 0.15) is 11.3 Å². The molecule has 27 heavy (non-hydrogen) atoms. The predicted octanol–water partition coefficient (Wildman–Crippen LogP) is 4.91. The average molecular weight is 424 g/mol. The molecule has 0 aliphatic rings. The van der Waals surface area contributed by atoms with Gasteiger partial charge in [-0.2, -0.15) is 0 Å². The first kappa shape index (κ1) is 17.2. The minimum Gasteiger partial charge on any atom is -0.496 e. The van der Waals surface area contributed by atoms with Crippen LogP contribution in [0.15, 0.2) is 69.8 Å². The maximum absolute atomic E-state index is 12.3. The third-order valence-electron chi connectivity index (χ3n) is 3.99. The van der Waals surface area contributed by atoms with E-state index in [4.69, 9.17) is 9.15 Å². The molecule has 0 saturated heterocycles. The lowest BCUT2D eigenvalue weighted by molar-refractivity contribution is 0.102. The van der Waals surface area contributed by atoms with E-state index >= 15 is 0 Å². The minimum absolute atomic E-state index is 0.209. The number of hydrogen-bond donors (Lipinski definition) is 1. The fourth-order valence-electron chi connectivity index (χ4n) is 2.63. The zero-order chi connectivity index (χ0) is 18.8. The normalized spacial score (nSPS) is 10.7. The van der Waals surface area contributed by atoms with Crippen molar-refractivity contribution < 1.29 is 13.9 Å². The summed E-state index contributed by atoms with van der Waals surface area (Å²) in [6, 6.07) is 14.3. The number of rotatable bonds is 4. The molecule has 7 heteroatoms. The van der Waals surface area contributed by atoms with Crippen molar-refractivity contribution in [2.24, 2.45) is 0 Å². The minimum atomic E-state index is -0.209. The van der Waals surface area contributed by atoms with Crippen LogP contribution >= 0.6 is 15.9 Å². The smallest absolute Gasteiger partial charge is 0.255 e. The molecule has 1 amide bonds. The molecule has 4 aromatic rings. The molecule has 2 heterocycles. The lowest BCUT2D eigenvalue weighted by Crippen LogP contribution is -2.11. The maximum Gasteiger partial charge on any atom is 0.255 e. The molecule has 1 N–H and O–H groups in total. The Hall–Kier alpha value is -3.19. The largest absolute Gasteiger partial charge is 0.496 e. The number of halogens is 1. The Morgan fingerprint density at radius 3 is 2.67 bits per heavy atom. The molecule has 0 aliphatic heterocycles. The second kappa shape index (κ2) is 7.20. The number of benzene rings is 2. The molecule has 0 aliphatic carbocycles. The number of oxazole rings is 1. The monoisotopic (exact) mass is 423 g/mol. The molecule has 134 valence electrons. The van der Waals surface area contributed by atoms with Gasteiger partial charge in [-0.1, -0.05) is 0 Å². The Morgan fingerprint density at radius 2 is 1.93 bits per heavy atom. The Balaban J connectivity index is 1.62. The number of carbonyl (C=O) groups excluding carboxylic acids is 1. The lowest BCUT2D eigenvalue weighted by atomic mass is 10.2. The molecule has 0 fully saturated rings. The summed E-state index contributed by atoms with van der Waals surface area (Å²) in [5.41, 5.74) is 3.29. The van der Waals surface area contributed by atoms with Crippen molar-refractivity contribution in [2.75, 3.05) is 12.4 Å². The van der Waals surface area contributed by atoms with Crippen molar-refractivity contribution in [1.29, 1.82) is 0 Å². The third-order valence-corrected chi connectivity index (χ3v) is 4.61. The van der Waals surface area contributed by atoms with Crippen LogP contribution in [-0.4, -0.2) is 23.0 Å². The molecule has 4 rings (SSSR count). The molecule has 0 atom stereocenters. The summed E-state index contributed by atoms with van der Waals surface area (Å²) in [4.78, 5) is 20.7. The first-order chi connectivity index (χ1) is 13.1. The number of nitrogens with one attached hydrogen (secondary N) is 1. The summed E-state index contributed by atoms with van der Waals surface area (Å²) in [7, 11) is 1.61. The number of ether oxygens (including phenoxy) is 1. The first-order valence-corrected chi connectivity index (χ1v) is 8.89. The topological polar surface area (TPSA) is 77.2 Å². The van der Waals surface area contributed by atoms with E-state index < -0.39 is 0 Å². The average Bonchev–Trinajstić information content (AvgIpc) is 3.12. The van der Waals surface area contributed by atoms with Crippen molar-refractivity contribution in [3.8, 4) is 17.2 Å². The molecule has 2 aromatic heterocycles. The van der Waals surface area contributed by atoms with Crippen molar-refractivity contribution in [3.63, 3.8) is 0 Å². The fourth-order valence-corrected chi connectivity index (χ4v) is 3.18. The first-order valence-electron chi connectivity index (χ1n) is 8.10. The van der Waals surface area contributed by atoms with Gasteiger partial charge in [0.05, 0.1) is 11.6 Å². The number of fused-ring (bicyclic) bond motifs is 1. The van der Waals surface area contributed by atoms with Crippen LogP contribution in [0, 0.1) is 0 Å². The summed E-state index contributed by atoms with van der Waals surface area (Å²) >= 11 is 3.46. The highest BCUT2D eigenvalue weighted by atomic mass is 79.9. The van der Waals surface area contributed by atoms with Crippen LogP contribution in [0.3, 0.4) is 0 Å². The van der Waals surface area contributed by atoms with Gasteiger partial charge >= 0.3 is 0 Å². The van der Waals surface area contributed by atoms with E-state index in [0.717, 1.165) is 15.8 Å². The van der Waals surface area contributed by atoms with Crippen LogP contribution in [0.5, 0.6) is 5.75 Å². The number of hydrogen-bond acceptors (Lipinski definition) is 5. The number of methoxy groups -OCH3 is 1. The van der Waals surface area contributed by atoms with Crippen molar-refractivity contribution in [2.45, 2.75) is 0 Å². The van der Waals surface area contributed by atoms with Gasteiger partial charge in [0.2, 0.25) is 5.89 Å². The number of amides is 1. The van der Waals surface area contributed by atoms with Crippen LogP contribution in [0.4, 0.5) is 5.69 Å². The number of nitrogens with zero attached hydrogens (tertiary/aromatic N) is 2. The standard InChI is InChI=1S/C20H14BrN3O3/c1-26-17-4-2-13(10-15(17)21)20-24-16-11-14(3-5-18(16)27-20)23-19(25)12-6-8-22-9-7-12/h2-11H,1H3,(H,23,25). The van der Waals surface area contributed by atoms with Crippen molar-refractivity contribution in [1.82, 2.24) is 9.97 Å². The number of aromatic nitrogens is 2. The Labute approximate surface area is 163 Å². The lowest BCUT2D eigenvalue weighted by Gasteiger charge is -2.04. The molecule has 0 saturated carbocycles. The molecule has 0 radical (unpaired) electrons. The summed E-state index contributed by atoms with van der Waals surface area (Å²) in [6.45, 7) is 0. The maximum atomic E-state index is 12.3. The van der Waals surface area contributed by atoms with Crippen LogP contribution in [-0.2, 0) is 0 Å². The van der Waals surface area contributed by atoms with Gasteiger partial charge in [-0.15, -0.1) is 0 Å². The van der Waals surface area contributed by atoms with E-state index in [9.17, 15) is 4.79 Å². The van der Waals surface area contributed by atoms with Crippen LogP contribution in [0.2, 0.25) is 0 Å². The van der Waals surface area contributed by atoms with E-state index in [1.807, 2.05) is 18.2 Å². The van der Waals surface area contributed by atoms with Gasteiger partial charge in [-0.25, -0.2) is 4.98 Å². The second-order valence-electron chi connectivity index (χ2n) is 5.74. The molecular weight excluding hydrogens is 410 g/mol. The highest BCUT2D eigenvalue weighted by molar-refractivity contribution is 9.10. The number of pyridine rings is 1. The Bertz CT molecular complexity index is 1130. The quantitative estimate of drug-likeness (QED) is 0.504. The molecule has 2 aromatic carbocycles. The van der Waals surface area contributed by atoms with E-state index in [2.05, 4.69) is 31.2 Å². The third kappa shape index (κ3) is 3.54. The zero-order valence-electron chi connectivity index (χ0n) is 14.3. The molecule has 0 unspecified atom stereocenters. The highest BCUT2D eigenvalue weighted by Gasteiger charge is 2.12. The van der Waals surface area contributed by atoms with Crippen LogP contribution < -0.4 is 10.1 Å². The predicted molar refractivity (Wildman–Crippen MR) is 106 cm³/mol. The van der Waals surface area contributed by atoms with E-state index in [0.29, 0.717) is 28.2 Å². The van der Waals surface area contributed by atoms with Gasteiger partial charge < -0.3 is 14.5 Å². The van der Waals surface area contributed by atoms with E-state index in [1.165, 1.54) is 0 Å². The van der Waals surface area contributed by atoms with Gasteiger partial charge in [-0.05, 0) is 64.5 Å². The van der Waals surface area contributed by atoms with Crippen LogP contribution in [0.25, 0.3) is 22.6 Å². The molecule has 0 spiro atoms. The Kier molecular flexibility index (Phi) is 4.60. The van der Waals surface area contributed by atoms with Gasteiger partial charge in [0, 0.05) is 29.2 Å². The summed E-state index contributed by atoms with van der Waals surface area (Å²) < 4.78 is 11.9. The van der Waals surface area contributed by atoms with Gasteiger partial charge in [-0.3, -0.25) is 9.78 Å². The van der Waals surface area contributed by atoms with Crippen LogP contribution in [0.1, 0.15) is 10.4 Å². The summed E-state index contributed by atoms with van der Waals surface area (Å²) in [5, 5.41) is 2.85. The number of anilines is 1. The van der Waals surface area contributed by atoms with Crippen molar-refractivity contribution in [3.05, 3.63) is 71.0 Å². The molecular formula is C20H14BrN3O3. The fraction of sp³-hybridized carbons (Fsp3) is 0.0500. The Morgan fingerprint density at radius 1 is 1.11 bits per heavy atom. The van der Waals surface area contributed by atoms with E-state index in [-0.39, 0.29) is 5.91 Å². The summed E-state index contributed by atoms with van der Waals surface area (Å²) in [5.74, 6) is 1.02. The second-order valence-corrected chi connectivity index (χ2v) is 6.60. The van der Waals surface area contributed by atoms with E-state index in [1.54, 1.807) is 49.8 Å². The SMILES string of the molecule is COc1ccc(-c2nc3cc(NC(=O)c4ccncc4)ccc3o2)cc1Br. The van der Waals surface area contributed by atoms with Crippen molar-refractivity contribution >= 4 is 38.6 Å². The summed E-state index contributed by atoms with van der Waals surface area (Å²) in [6.07, 6.45) is 3.16. The number of carbonyl (C=O) groups is 1.